The molecule has 0 saturated heterocycles. The summed E-state index contributed by atoms with van der Waals surface area (Å²) in [5.74, 6) is 0.880. The molecular weight excluding hydrogens is 528 g/mol. The van der Waals surface area contributed by atoms with Gasteiger partial charge in [0.1, 0.15) is 11.5 Å². The van der Waals surface area contributed by atoms with E-state index in [4.69, 9.17) is 4.74 Å². The van der Waals surface area contributed by atoms with Crippen molar-refractivity contribution in [3.8, 4) is 5.75 Å². The molecular formula is C31H46N2O4S2. The molecule has 1 heterocycles. The number of aliphatic hydroxyl groups excluding tert-OH is 1. The summed E-state index contributed by atoms with van der Waals surface area (Å²) >= 11 is 2.56. The number of nitrogens with one attached hydrogen (secondary N) is 1. The Bertz CT molecular complexity index is 1140. The van der Waals surface area contributed by atoms with Gasteiger partial charge in [0.15, 0.2) is 5.62 Å². The summed E-state index contributed by atoms with van der Waals surface area (Å²) in [5, 5.41) is 15.2. The van der Waals surface area contributed by atoms with E-state index in [1.807, 2.05) is 43.6 Å². The number of hydrogen-bond acceptors (Lipinski definition) is 7. The highest BCUT2D eigenvalue weighted by Gasteiger charge is 2.20. The van der Waals surface area contributed by atoms with Crippen LogP contribution in [-0.2, 0) is 16.0 Å². The molecule has 0 aliphatic heterocycles. The van der Waals surface area contributed by atoms with E-state index in [0.717, 1.165) is 39.6 Å². The fraction of sp³-hybridized carbons (Fsp3) is 0.452. The number of rotatable bonds is 14. The molecule has 1 aromatic heterocycles. The average molecular weight is 575 g/mol. The topological polar surface area (TPSA) is 88.0 Å². The van der Waals surface area contributed by atoms with Gasteiger partial charge < -0.3 is 15.2 Å². The standard InChI is InChI=1S/C28H36N2O4S2.C2H6.CH4/c1-6-7-8-19(2)15-20(3)17-30-24(21(4)32)11-13-34-25-10-9-22(27-23(25)12-14-35-27)16-26(36-18-31)28(33)29-5;1-2;/h7-10,12,14-15,17-18,20,26,32H,6,11,13,16H2,1-5H3,(H,29,33);1-2H3;1H4/b8-7-,19-15-,24-21-,30-17?;;. The Morgan fingerprint density at radius 2 is 1.97 bits per heavy atom. The lowest BCUT2D eigenvalue weighted by Crippen LogP contribution is -2.31. The first-order valence-electron chi connectivity index (χ1n) is 13.0. The van der Waals surface area contributed by atoms with Crippen molar-refractivity contribution in [1.29, 1.82) is 0 Å². The summed E-state index contributed by atoms with van der Waals surface area (Å²) in [6.45, 7) is 12.2. The Labute approximate surface area is 243 Å². The third-order valence-electron chi connectivity index (χ3n) is 5.44. The van der Waals surface area contributed by atoms with Crippen LogP contribution in [0.15, 0.2) is 63.8 Å². The summed E-state index contributed by atoms with van der Waals surface area (Å²) in [6, 6.07) is 5.84. The molecule has 0 aliphatic rings. The van der Waals surface area contributed by atoms with Crippen LogP contribution < -0.4 is 10.1 Å². The lowest BCUT2D eigenvalue weighted by molar-refractivity contribution is -0.120. The minimum Gasteiger partial charge on any atom is -0.511 e. The van der Waals surface area contributed by atoms with Crippen molar-refractivity contribution in [1.82, 2.24) is 5.32 Å². The van der Waals surface area contributed by atoms with Crippen LogP contribution in [0.25, 0.3) is 10.1 Å². The number of amides is 1. The number of fused-ring (bicyclic) bond motifs is 1. The molecule has 1 aromatic carbocycles. The maximum Gasteiger partial charge on any atom is 0.233 e. The van der Waals surface area contributed by atoms with E-state index in [1.54, 1.807) is 25.3 Å². The first-order chi connectivity index (χ1) is 18.3. The largest absolute Gasteiger partial charge is 0.511 e. The van der Waals surface area contributed by atoms with Crippen LogP contribution in [-0.4, -0.2) is 41.8 Å². The normalized spacial score (nSPS) is 13.8. The van der Waals surface area contributed by atoms with E-state index < -0.39 is 5.25 Å². The second kappa shape index (κ2) is 20.1. The highest BCUT2D eigenvalue weighted by molar-refractivity contribution is 8.13. The van der Waals surface area contributed by atoms with Gasteiger partial charge in [-0.2, -0.15) is 0 Å². The Morgan fingerprint density at radius 1 is 1.26 bits per heavy atom. The zero-order chi connectivity index (χ0) is 28.5. The van der Waals surface area contributed by atoms with Gasteiger partial charge in [0, 0.05) is 35.7 Å². The number of hydrogen-bond donors (Lipinski definition) is 2. The van der Waals surface area contributed by atoms with E-state index in [0.29, 0.717) is 30.8 Å². The molecule has 6 nitrogen and oxygen atoms in total. The highest BCUT2D eigenvalue weighted by Crippen LogP contribution is 2.34. The molecule has 2 aromatic rings. The number of thioether (sulfide) groups is 1. The molecule has 39 heavy (non-hydrogen) atoms. The summed E-state index contributed by atoms with van der Waals surface area (Å²) in [7, 11) is 1.57. The lowest BCUT2D eigenvalue weighted by Gasteiger charge is -2.14. The van der Waals surface area contributed by atoms with Crippen molar-refractivity contribution >= 4 is 50.9 Å². The SMILES string of the molecule is C.CC.CC/C=C\C(C)=C/C(C)C=N/C(CCOc1ccc(CC(SC=O)C(=O)NC)c2sccc12)=C(/C)O. The van der Waals surface area contributed by atoms with Crippen LogP contribution in [0.4, 0.5) is 0 Å². The lowest BCUT2D eigenvalue weighted by atomic mass is 10.1. The van der Waals surface area contributed by atoms with Crippen LogP contribution in [0.2, 0.25) is 0 Å². The van der Waals surface area contributed by atoms with Gasteiger partial charge in [-0.3, -0.25) is 14.6 Å². The number of nitrogens with zero attached hydrogens (tertiary/aromatic N) is 1. The molecule has 216 valence electrons. The smallest absolute Gasteiger partial charge is 0.233 e. The number of allylic oxidation sites excluding steroid dienone is 5. The molecule has 0 fully saturated rings. The fourth-order valence-electron chi connectivity index (χ4n) is 3.63. The predicted octanol–water partition coefficient (Wildman–Crippen LogP) is 8.32. The number of thiophene rings is 1. The molecule has 0 radical (unpaired) electrons. The number of benzene rings is 1. The maximum atomic E-state index is 12.1. The predicted molar refractivity (Wildman–Crippen MR) is 172 cm³/mol. The highest BCUT2D eigenvalue weighted by atomic mass is 32.2. The summed E-state index contributed by atoms with van der Waals surface area (Å²) < 4.78 is 7.11. The van der Waals surface area contributed by atoms with Gasteiger partial charge in [0.2, 0.25) is 5.91 Å². The minimum atomic E-state index is -0.480. The monoisotopic (exact) mass is 574 g/mol. The van der Waals surface area contributed by atoms with Crippen molar-refractivity contribution in [2.45, 2.75) is 73.5 Å². The summed E-state index contributed by atoms with van der Waals surface area (Å²) in [4.78, 5) is 27.7. The van der Waals surface area contributed by atoms with E-state index in [1.165, 1.54) is 5.57 Å². The third kappa shape index (κ3) is 12.3. The molecule has 2 rings (SSSR count). The Hall–Kier alpha value is -2.84. The molecule has 0 saturated carbocycles. The van der Waals surface area contributed by atoms with E-state index in [9.17, 15) is 14.7 Å². The molecule has 2 atom stereocenters. The van der Waals surface area contributed by atoms with Crippen LogP contribution in [0.5, 0.6) is 5.75 Å². The van der Waals surface area contributed by atoms with E-state index in [-0.39, 0.29) is 25.0 Å². The molecule has 8 heteroatoms. The van der Waals surface area contributed by atoms with Gasteiger partial charge in [-0.15, -0.1) is 11.3 Å². The van der Waals surface area contributed by atoms with Gasteiger partial charge in [0.25, 0.3) is 0 Å². The molecule has 0 aliphatic carbocycles. The van der Waals surface area contributed by atoms with Crippen molar-refractivity contribution in [3.05, 3.63) is 64.4 Å². The number of ether oxygens (including phenoxy) is 1. The number of aliphatic hydroxyl groups is 1. The zero-order valence-corrected chi connectivity index (χ0v) is 25.2. The Morgan fingerprint density at radius 3 is 2.59 bits per heavy atom. The Kier molecular flexibility index (Phi) is 18.7. The number of carbonyl (C=O) groups is 2. The molecule has 2 unspecified atom stereocenters. The molecule has 2 N–H and O–H groups in total. The summed E-state index contributed by atoms with van der Waals surface area (Å²) in [6.07, 6.45) is 10.1. The van der Waals surface area contributed by atoms with Crippen LogP contribution in [0.3, 0.4) is 0 Å². The second-order valence-corrected chi connectivity index (χ2v) is 10.4. The first-order valence-corrected chi connectivity index (χ1v) is 14.8. The fourth-order valence-corrected chi connectivity index (χ4v) is 5.22. The number of carbonyl (C=O) groups excluding carboxylic acids is 2. The van der Waals surface area contributed by atoms with Crippen molar-refractivity contribution in [2.24, 2.45) is 10.9 Å². The van der Waals surface area contributed by atoms with Gasteiger partial charge >= 0.3 is 0 Å². The summed E-state index contributed by atoms with van der Waals surface area (Å²) in [5.41, 5.74) is 3.48. The quantitative estimate of drug-likeness (QED) is 0.102. The van der Waals surface area contributed by atoms with Crippen molar-refractivity contribution in [3.63, 3.8) is 0 Å². The van der Waals surface area contributed by atoms with Gasteiger partial charge in [-0.05, 0) is 49.8 Å². The van der Waals surface area contributed by atoms with Crippen LogP contribution >= 0.6 is 23.1 Å². The van der Waals surface area contributed by atoms with Gasteiger partial charge in [0.05, 0.1) is 17.6 Å². The van der Waals surface area contributed by atoms with E-state index in [2.05, 4.69) is 49.3 Å². The van der Waals surface area contributed by atoms with Gasteiger partial charge in [-0.25, -0.2) is 0 Å². The van der Waals surface area contributed by atoms with Crippen molar-refractivity contribution < 1.29 is 19.4 Å². The average Bonchev–Trinajstić information content (AvgIpc) is 3.41. The van der Waals surface area contributed by atoms with Crippen LogP contribution in [0.1, 0.15) is 67.4 Å². The first kappa shape index (κ1) is 36.2. The minimum absolute atomic E-state index is 0. The molecule has 0 spiro atoms. The second-order valence-electron chi connectivity index (χ2n) is 8.41. The molecule has 0 bridgehead atoms. The van der Waals surface area contributed by atoms with Crippen molar-refractivity contribution in [2.75, 3.05) is 13.7 Å². The van der Waals surface area contributed by atoms with Gasteiger partial charge in [-0.1, -0.05) is 76.8 Å². The zero-order valence-electron chi connectivity index (χ0n) is 23.6. The maximum absolute atomic E-state index is 12.1. The number of aliphatic imine (C=N–C) groups is 1. The van der Waals surface area contributed by atoms with E-state index >= 15 is 0 Å². The Balaban J connectivity index is 0.00000470. The molecule has 1 amide bonds. The third-order valence-corrected chi connectivity index (χ3v) is 7.25. The van der Waals surface area contributed by atoms with Crippen LogP contribution in [0, 0.1) is 5.92 Å².